The molecule has 1 aromatic carbocycles. The van der Waals surface area contributed by atoms with E-state index in [9.17, 15) is 9.18 Å². The molecule has 24 heavy (non-hydrogen) atoms. The molecule has 2 heterocycles. The fourth-order valence-electron chi connectivity index (χ4n) is 4.16. The number of rotatable bonds is 3. The zero-order chi connectivity index (χ0) is 16.8. The van der Waals surface area contributed by atoms with Crippen molar-refractivity contribution in [3.05, 3.63) is 35.6 Å². The van der Waals surface area contributed by atoms with Crippen LogP contribution in [0.1, 0.15) is 38.2 Å². The van der Waals surface area contributed by atoms with Crippen LogP contribution in [0.5, 0.6) is 0 Å². The summed E-state index contributed by atoms with van der Waals surface area (Å²) in [7, 11) is 0. The van der Waals surface area contributed by atoms with Crippen LogP contribution in [-0.2, 0) is 16.1 Å². The van der Waals surface area contributed by atoms with Crippen LogP contribution in [0.2, 0.25) is 0 Å². The van der Waals surface area contributed by atoms with E-state index in [0.717, 1.165) is 64.0 Å². The highest BCUT2D eigenvalue weighted by atomic mass is 19.1. The molecule has 1 amide bonds. The molecule has 0 atom stereocenters. The van der Waals surface area contributed by atoms with Crippen LogP contribution in [-0.4, -0.2) is 53.1 Å². The number of nitrogens with zero attached hydrogens (tertiary/aromatic N) is 2. The summed E-state index contributed by atoms with van der Waals surface area (Å²) in [5.41, 5.74) is 0.331. The molecule has 0 N–H and O–H groups in total. The molecular weight excluding hydrogens is 307 g/mol. The number of halogens is 1. The zero-order valence-corrected chi connectivity index (χ0v) is 14.3. The van der Waals surface area contributed by atoms with Crippen molar-refractivity contribution in [1.82, 2.24) is 9.80 Å². The summed E-state index contributed by atoms with van der Waals surface area (Å²) in [5, 5.41) is 0. The van der Waals surface area contributed by atoms with E-state index in [2.05, 4.69) is 4.90 Å². The van der Waals surface area contributed by atoms with E-state index in [1.807, 2.05) is 17.9 Å². The van der Waals surface area contributed by atoms with Gasteiger partial charge in [-0.25, -0.2) is 4.39 Å². The topological polar surface area (TPSA) is 32.8 Å². The number of carbonyl (C=O) groups excluding carboxylic acids is 1. The molecule has 130 valence electrons. The standard InChI is InChI=1S/C19H25FN2O2/c1-2-22-14-18(24-19(6-7-19)17(22)23)8-10-21(11-9-18)13-15-4-3-5-16(20)12-15/h3-5,12H,2,6-11,13-14H2,1H3. The van der Waals surface area contributed by atoms with E-state index in [4.69, 9.17) is 4.74 Å². The summed E-state index contributed by atoms with van der Waals surface area (Å²) >= 11 is 0. The van der Waals surface area contributed by atoms with Gasteiger partial charge in [0.1, 0.15) is 11.4 Å². The monoisotopic (exact) mass is 332 g/mol. The predicted octanol–water partition coefficient (Wildman–Crippen LogP) is 2.57. The second-order valence-corrected chi connectivity index (χ2v) is 7.50. The minimum atomic E-state index is -0.501. The van der Waals surface area contributed by atoms with Crippen LogP contribution in [0.15, 0.2) is 24.3 Å². The third kappa shape index (κ3) is 2.84. The van der Waals surface area contributed by atoms with Crippen molar-refractivity contribution in [2.45, 2.75) is 50.4 Å². The Kier molecular flexibility index (Phi) is 3.88. The van der Waals surface area contributed by atoms with Crippen molar-refractivity contribution >= 4 is 5.91 Å². The minimum Gasteiger partial charge on any atom is -0.357 e. The first-order valence-corrected chi connectivity index (χ1v) is 9.01. The molecule has 0 radical (unpaired) electrons. The Labute approximate surface area is 142 Å². The Morgan fingerprint density at radius 1 is 1.21 bits per heavy atom. The minimum absolute atomic E-state index is 0.177. The van der Waals surface area contributed by atoms with Gasteiger partial charge in [-0.1, -0.05) is 12.1 Å². The van der Waals surface area contributed by atoms with Gasteiger partial charge >= 0.3 is 0 Å². The second-order valence-electron chi connectivity index (χ2n) is 7.50. The van der Waals surface area contributed by atoms with Gasteiger partial charge < -0.3 is 9.64 Å². The van der Waals surface area contributed by atoms with Crippen LogP contribution in [0.25, 0.3) is 0 Å². The molecule has 4 nitrogen and oxygen atoms in total. The number of amides is 1. The lowest BCUT2D eigenvalue weighted by Gasteiger charge is -2.50. The summed E-state index contributed by atoms with van der Waals surface area (Å²) in [5.74, 6) is 0.0159. The molecule has 3 fully saturated rings. The van der Waals surface area contributed by atoms with Crippen molar-refractivity contribution in [3.63, 3.8) is 0 Å². The molecule has 2 aliphatic heterocycles. The van der Waals surface area contributed by atoms with Crippen molar-refractivity contribution < 1.29 is 13.9 Å². The molecule has 2 spiro atoms. The number of ether oxygens (including phenoxy) is 1. The first kappa shape index (κ1) is 16.0. The van der Waals surface area contributed by atoms with Gasteiger partial charge in [0.15, 0.2) is 0 Å². The van der Waals surface area contributed by atoms with Crippen molar-refractivity contribution in [2.75, 3.05) is 26.2 Å². The lowest BCUT2D eigenvalue weighted by Crippen LogP contribution is -2.62. The maximum atomic E-state index is 13.3. The first-order chi connectivity index (χ1) is 11.5. The summed E-state index contributed by atoms with van der Waals surface area (Å²) in [6, 6.07) is 6.83. The number of hydrogen-bond donors (Lipinski definition) is 0. The van der Waals surface area contributed by atoms with Crippen LogP contribution >= 0.6 is 0 Å². The van der Waals surface area contributed by atoms with E-state index in [1.54, 1.807) is 12.1 Å². The molecule has 1 aromatic rings. The van der Waals surface area contributed by atoms with Crippen LogP contribution in [0.3, 0.4) is 0 Å². The SMILES string of the molecule is CCN1CC2(CCN(Cc3cccc(F)c3)CC2)OC2(CC2)C1=O. The molecule has 0 bridgehead atoms. The Bertz CT molecular complexity index is 636. The predicted molar refractivity (Wildman–Crippen MR) is 88.9 cm³/mol. The lowest BCUT2D eigenvalue weighted by molar-refractivity contribution is -0.200. The van der Waals surface area contributed by atoms with Crippen LogP contribution in [0.4, 0.5) is 4.39 Å². The van der Waals surface area contributed by atoms with E-state index in [1.165, 1.54) is 6.07 Å². The van der Waals surface area contributed by atoms with Crippen molar-refractivity contribution in [3.8, 4) is 0 Å². The Hall–Kier alpha value is -1.46. The van der Waals surface area contributed by atoms with Gasteiger partial charge in [-0.15, -0.1) is 0 Å². The molecule has 1 saturated carbocycles. The largest absolute Gasteiger partial charge is 0.357 e. The van der Waals surface area contributed by atoms with Gasteiger partial charge in [-0.3, -0.25) is 9.69 Å². The molecule has 4 rings (SSSR count). The number of piperidine rings is 1. The van der Waals surface area contributed by atoms with Gasteiger partial charge in [0, 0.05) is 32.7 Å². The fraction of sp³-hybridized carbons (Fsp3) is 0.632. The average molecular weight is 332 g/mol. The summed E-state index contributed by atoms with van der Waals surface area (Å²) in [6.45, 7) is 6.16. The third-order valence-electron chi connectivity index (χ3n) is 5.72. The van der Waals surface area contributed by atoms with Crippen molar-refractivity contribution in [1.29, 1.82) is 0 Å². The zero-order valence-electron chi connectivity index (χ0n) is 14.3. The van der Waals surface area contributed by atoms with E-state index < -0.39 is 5.60 Å². The quantitative estimate of drug-likeness (QED) is 0.853. The first-order valence-electron chi connectivity index (χ1n) is 9.01. The third-order valence-corrected chi connectivity index (χ3v) is 5.72. The number of morpholine rings is 1. The summed E-state index contributed by atoms with van der Waals surface area (Å²) in [6.07, 6.45) is 3.62. The molecule has 2 saturated heterocycles. The Morgan fingerprint density at radius 3 is 2.58 bits per heavy atom. The fourth-order valence-corrected chi connectivity index (χ4v) is 4.16. The van der Waals surface area contributed by atoms with Gasteiger partial charge in [0.05, 0.1) is 5.60 Å². The number of benzene rings is 1. The number of likely N-dealkylation sites (N-methyl/N-ethyl adjacent to an activating group) is 1. The van der Waals surface area contributed by atoms with Gasteiger partial charge in [-0.2, -0.15) is 0 Å². The highest BCUT2D eigenvalue weighted by molar-refractivity contribution is 5.89. The molecule has 0 aromatic heterocycles. The van der Waals surface area contributed by atoms with Gasteiger partial charge in [-0.05, 0) is 50.3 Å². The van der Waals surface area contributed by atoms with E-state index in [-0.39, 0.29) is 17.3 Å². The number of hydrogen-bond acceptors (Lipinski definition) is 3. The van der Waals surface area contributed by atoms with Gasteiger partial charge in [0.2, 0.25) is 0 Å². The molecule has 3 aliphatic rings. The maximum absolute atomic E-state index is 13.3. The highest BCUT2D eigenvalue weighted by Crippen LogP contribution is 2.49. The summed E-state index contributed by atoms with van der Waals surface area (Å²) < 4.78 is 19.7. The Balaban J connectivity index is 1.41. The molecule has 1 aliphatic carbocycles. The molecule has 5 heteroatoms. The van der Waals surface area contributed by atoms with Crippen LogP contribution < -0.4 is 0 Å². The molecule has 0 unspecified atom stereocenters. The highest BCUT2D eigenvalue weighted by Gasteiger charge is 2.61. The van der Waals surface area contributed by atoms with Gasteiger partial charge in [0.25, 0.3) is 5.91 Å². The summed E-state index contributed by atoms with van der Waals surface area (Å²) in [4.78, 5) is 16.8. The van der Waals surface area contributed by atoms with E-state index >= 15 is 0 Å². The smallest absolute Gasteiger partial charge is 0.254 e. The number of carbonyl (C=O) groups is 1. The second kappa shape index (κ2) is 5.81. The molecular formula is C19H25FN2O2. The maximum Gasteiger partial charge on any atom is 0.254 e. The Morgan fingerprint density at radius 2 is 1.96 bits per heavy atom. The van der Waals surface area contributed by atoms with Crippen molar-refractivity contribution in [2.24, 2.45) is 0 Å². The number of likely N-dealkylation sites (tertiary alicyclic amines) is 1. The van der Waals surface area contributed by atoms with Crippen LogP contribution in [0, 0.1) is 5.82 Å². The average Bonchev–Trinajstić information content (AvgIpc) is 3.34. The van der Waals surface area contributed by atoms with E-state index in [0.29, 0.717) is 0 Å². The normalized spacial score (nSPS) is 25.4. The lowest BCUT2D eigenvalue weighted by atomic mass is 9.87.